The third-order valence-electron chi connectivity index (χ3n) is 3.52. The Kier molecular flexibility index (Phi) is 3.79. The quantitative estimate of drug-likeness (QED) is 0.892. The number of nitrogens with one attached hydrogen (secondary N) is 1. The van der Waals surface area contributed by atoms with Gasteiger partial charge in [-0.15, -0.1) is 0 Å². The minimum absolute atomic E-state index is 0.114. The molecule has 0 saturated carbocycles. The molecule has 0 radical (unpaired) electrons. The van der Waals surface area contributed by atoms with E-state index in [-0.39, 0.29) is 12.1 Å². The van der Waals surface area contributed by atoms with E-state index in [9.17, 15) is 0 Å². The van der Waals surface area contributed by atoms with Crippen LogP contribution >= 0.6 is 0 Å². The lowest BCUT2D eigenvalue weighted by atomic mass is 10.1. The van der Waals surface area contributed by atoms with E-state index in [1.54, 1.807) is 0 Å². The lowest BCUT2D eigenvalue weighted by Crippen LogP contribution is -2.14. The average Bonchev–Trinajstić information content (AvgIpc) is 2.83. The summed E-state index contributed by atoms with van der Waals surface area (Å²) in [7, 11) is 0. The smallest absolute Gasteiger partial charge is 0.148 e. The fourth-order valence-electron chi connectivity index (χ4n) is 2.44. The van der Waals surface area contributed by atoms with Gasteiger partial charge in [-0.2, -0.15) is 5.10 Å². The van der Waals surface area contributed by atoms with Crippen LogP contribution in [0.3, 0.4) is 0 Å². The first-order valence-corrected chi connectivity index (χ1v) is 6.99. The van der Waals surface area contributed by atoms with Crippen LogP contribution in [0.4, 0.5) is 11.5 Å². The van der Waals surface area contributed by atoms with Gasteiger partial charge in [0.25, 0.3) is 0 Å². The molecule has 5 heteroatoms. The Morgan fingerprint density at radius 1 is 1.25 bits per heavy atom. The first-order valence-electron chi connectivity index (χ1n) is 6.99. The van der Waals surface area contributed by atoms with Crippen molar-refractivity contribution in [2.75, 3.05) is 11.1 Å². The monoisotopic (exact) mass is 276 g/mol. The predicted molar refractivity (Wildman–Crippen MR) is 82.0 cm³/mol. The summed E-state index contributed by atoms with van der Waals surface area (Å²) in [6.07, 6.45) is 0. The van der Waals surface area contributed by atoms with Crippen LogP contribution in [0.2, 0.25) is 0 Å². The minimum atomic E-state index is 0.114. The molecule has 2 aromatic heterocycles. The molecule has 0 aromatic carbocycles. The van der Waals surface area contributed by atoms with Crippen molar-refractivity contribution in [3.05, 3.63) is 28.8 Å². The van der Waals surface area contributed by atoms with E-state index in [0.29, 0.717) is 5.69 Å². The molecule has 3 N–H and O–H groups in total. The van der Waals surface area contributed by atoms with E-state index in [4.69, 9.17) is 10.2 Å². The largest absolute Gasteiger partial charge is 0.466 e. The zero-order valence-corrected chi connectivity index (χ0v) is 13.1. The van der Waals surface area contributed by atoms with Crippen LogP contribution in [0.1, 0.15) is 55.6 Å². The summed E-state index contributed by atoms with van der Waals surface area (Å²) in [5, 5.41) is 7.96. The standard InChI is InChI=1S/C15H24N4O/c1-8(2)19-15(14(16)11(5)18-19)17-10(4)13-7-9(3)20-12(13)6/h7-8,10,17H,16H2,1-6H3. The molecule has 2 aromatic rings. The average molecular weight is 276 g/mol. The number of furan rings is 1. The van der Waals surface area contributed by atoms with E-state index in [2.05, 4.69) is 37.3 Å². The van der Waals surface area contributed by atoms with Crippen molar-refractivity contribution < 1.29 is 4.42 Å². The van der Waals surface area contributed by atoms with Gasteiger partial charge in [-0.05, 0) is 47.6 Å². The van der Waals surface area contributed by atoms with E-state index < -0.39 is 0 Å². The third kappa shape index (κ3) is 2.53. The van der Waals surface area contributed by atoms with Crippen LogP contribution in [0, 0.1) is 20.8 Å². The highest BCUT2D eigenvalue weighted by Crippen LogP contribution is 2.30. The maximum absolute atomic E-state index is 6.14. The van der Waals surface area contributed by atoms with Gasteiger partial charge in [0.05, 0.1) is 17.4 Å². The van der Waals surface area contributed by atoms with Gasteiger partial charge < -0.3 is 15.5 Å². The van der Waals surface area contributed by atoms with Crippen molar-refractivity contribution >= 4 is 11.5 Å². The molecule has 2 rings (SSSR count). The highest BCUT2D eigenvalue weighted by molar-refractivity contribution is 5.65. The summed E-state index contributed by atoms with van der Waals surface area (Å²) in [6.45, 7) is 12.2. The van der Waals surface area contributed by atoms with E-state index in [1.165, 1.54) is 0 Å². The zero-order chi connectivity index (χ0) is 15.0. The Morgan fingerprint density at radius 2 is 1.90 bits per heavy atom. The van der Waals surface area contributed by atoms with Crippen molar-refractivity contribution in [2.24, 2.45) is 0 Å². The SMILES string of the molecule is Cc1cc(C(C)Nc2c(N)c(C)nn2C(C)C)c(C)o1. The number of hydrogen-bond donors (Lipinski definition) is 2. The van der Waals surface area contributed by atoms with Crippen LogP contribution in [0.15, 0.2) is 10.5 Å². The van der Waals surface area contributed by atoms with E-state index in [1.807, 2.05) is 25.5 Å². The molecule has 1 atom stereocenters. The van der Waals surface area contributed by atoms with Crippen LogP contribution < -0.4 is 11.1 Å². The zero-order valence-electron chi connectivity index (χ0n) is 13.1. The van der Waals surface area contributed by atoms with Crippen molar-refractivity contribution in [3.8, 4) is 0 Å². The fraction of sp³-hybridized carbons (Fsp3) is 0.533. The lowest BCUT2D eigenvalue weighted by Gasteiger charge is -2.18. The molecule has 0 aliphatic rings. The van der Waals surface area contributed by atoms with Crippen LogP contribution in [-0.2, 0) is 0 Å². The van der Waals surface area contributed by atoms with Crippen LogP contribution in [-0.4, -0.2) is 9.78 Å². The summed E-state index contributed by atoms with van der Waals surface area (Å²) < 4.78 is 7.53. The summed E-state index contributed by atoms with van der Waals surface area (Å²) in [4.78, 5) is 0. The first kappa shape index (κ1) is 14.5. The molecule has 0 fully saturated rings. The minimum Gasteiger partial charge on any atom is -0.466 e. The van der Waals surface area contributed by atoms with Crippen molar-refractivity contribution in [3.63, 3.8) is 0 Å². The molecular formula is C15H24N4O. The van der Waals surface area contributed by atoms with Crippen molar-refractivity contribution in [1.29, 1.82) is 0 Å². The van der Waals surface area contributed by atoms with Crippen LogP contribution in [0.5, 0.6) is 0 Å². The molecule has 0 spiro atoms. The third-order valence-corrected chi connectivity index (χ3v) is 3.52. The second-order valence-corrected chi connectivity index (χ2v) is 5.62. The van der Waals surface area contributed by atoms with Crippen LogP contribution in [0.25, 0.3) is 0 Å². The molecular weight excluding hydrogens is 252 g/mol. The Hall–Kier alpha value is -1.91. The summed E-state index contributed by atoms with van der Waals surface area (Å²) in [6, 6.07) is 2.43. The number of hydrogen-bond acceptors (Lipinski definition) is 4. The molecule has 1 unspecified atom stereocenters. The van der Waals surface area contributed by atoms with Gasteiger partial charge in [0.2, 0.25) is 0 Å². The molecule has 0 saturated heterocycles. The van der Waals surface area contributed by atoms with Gasteiger partial charge in [-0.3, -0.25) is 0 Å². The second-order valence-electron chi connectivity index (χ2n) is 5.62. The summed E-state index contributed by atoms with van der Waals surface area (Å²) in [5.74, 6) is 2.74. The highest BCUT2D eigenvalue weighted by atomic mass is 16.3. The maximum Gasteiger partial charge on any atom is 0.148 e. The molecule has 20 heavy (non-hydrogen) atoms. The molecule has 5 nitrogen and oxygen atoms in total. The normalized spacial score (nSPS) is 12.9. The predicted octanol–water partition coefficient (Wildman–Crippen LogP) is 3.74. The number of rotatable bonds is 4. The number of aromatic nitrogens is 2. The van der Waals surface area contributed by atoms with Gasteiger partial charge in [0, 0.05) is 11.6 Å². The number of nitrogens with zero attached hydrogens (tertiary/aromatic N) is 2. The van der Waals surface area contributed by atoms with Gasteiger partial charge in [-0.1, -0.05) is 0 Å². The highest BCUT2D eigenvalue weighted by Gasteiger charge is 2.19. The molecule has 0 bridgehead atoms. The Bertz CT molecular complexity index is 610. The lowest BCUT2D eigenvalue weighted by molar-refractivity contribution is 0.499. The van der Waals surface area contributed by atoms with Gasteiger partial charge >= 0.3 is 0 Å². The topological polar surface area (TPSA) is 69.0 Å². The molecule has 0 aliphatic carbocycles. The first-order chi connectivity index (χ1) is 9.31. The maximum atomic E-state index is 6.14. The van der Waals surface area contributed by atoms with Crippen molar-refractivity contribution in [2.45, 2.75) is 53.6 Å². The van der Waals surface area contributed by atoms with Crippen molar-refractivity contribution in [1.82, 2.24) is 9.78 Å². The number of nitrogens with two attached hydrogens (primary N) is 1. The molecule has 110 valence electrons. The second kappa shape index (κ2) is 5.23. The Balaban J connectivity index is 2.32. The Labute approximate surface area is 120 Å². The number of aryl methyl sites for hydroxylation is 3. The van der Waals surface area contributed by atoms with Gasteiger partial charge in [0.1, 0.15) is 17.3 Å². The van der Waals surface area contributed by atoms with Gasteiger partial charge in [-0.25, -0.2) is 4.68 Å². The summed E-state index contributed by atoms with van der Waals surface area (Å²) >= 11 is 0. The Morgan fingerprint density at radius 3 is 2.40 bits per heavy atom. The number of anilines is 2. The molecule has 0 amide bonds. The van der Waals surface area contributed by atoms with E-state index >= 15 is 0 Å². The fourth-order valence-corrected chi connectivity index (χ4v) is 2.44. The summed E-state index contributed by atoms with van der Waals surface area (Å²) in [5.41, 5.74) is 8.86. The van der Waals surface area contributed by atoms with E-state index in [0.717, 1.165) is 28.6 Å². The molecule has 2 heterocycles. The number of nitrogen functional groups attached to an aromatic ring is 1. The van der Waals surface area contributed by atoms with Gasteiger partial charge in [0.15, 0.2) is 0 Å². The molecule has 0 aliphatic heterocycles.